The molecule has 0 saturated carbocycles. The lowest BCUT2D eigenvalue weighted by molar-refractivity contribution is -0.123. The number of nitrogens with one attached hydrogen (secondary N) is 1. The van der Waals surface area contributed by atoms with Crippen molar-refractivity contribution in [1.82, 2.24) is 5.32 Å². The highest BCUT2D eigenvalue weighted by molar-refractivity contribution is 6.30. The van der Waals surface area contributed by atoms with Gasteiger partial charge >= 0.3 is 0 Å². The zero-order valence-electron chi connectivity index (χ0n) is 14.4. The Morgan fingerprint density at radius 2 is 1.87 bits per heavy atom. The Morgan fingerprint density at radius 3 is 2.43 bits per heavy atom. The van der Waals surface area contributed by atoms with Crippen LogP contribution >= 0.6 is 11.6 Å². The van der Waals surface area contributed by atoms with Crippen LogP contribution in [0.3, 0.4) is 0 Å². The number of benzene rings is 1. The molecular formula is C19H28ClNO2. The van der Waals surface area contributed by atoms with Gasteiger partial charge in [0.15, 0.2) is 0 Å². The molecule has 1 saturated heterocycles. The topological polar surface area (TPSA) is 38.3 Å². The van der Waals surface area contributed by atoms with Crippen molar-refractivity contribution in [2.24, 2.45) is 5.92 Å². The van der Waals surface area contributed by atoms with Crippen molar-refractivity contribution in [3.63, 3.8) is 0 Å². The summed E-state index contributed by atoms with van der Waals surface area (Å²) in [5, 5.41) is 4.35. The van der Waals surface area contributed by atoms with Gasteiger partial charge in [0.1, 0.15) is 5.78 Å². The van der Waals surface area contributed by atoms with Gasteiger partial charge in [-0.1, -0.05) is 37.6 Å². The maximum absolute atomic E-state index is 12.6. The zero-order chi connectivity index (χ0) is 16.9. The molecule has 1 aromatic carbocycles. The highest BCUT2D eigenvalue weighted by atomic mass is 35.5. The third kappa shape index (κ3) is 5.30. The largest absolute Gasteiger partial charge is 0.381 e. The summed E-state index contributed by atoms with van der Waals surface area (Å²) in [6.07, 6.45) is 2.86. The number of hydrogen-bond donors (Lipinski definition) is 1. The molecule has 0 radical (unpaired) electrons. The summed E-state index contributed by atoms with van der Waals surface area (Å²) >= 11 is 5.97. The molecule has 0 amide bonds. The molecule has 0 bridgehead atoms. The van der Waals surface area contributed by atoms with E-state index in [1.165, 1.54) is 0 Å². The number of rotatable bonds is 7. The van der Waals surface area contributed by atoms with E-state index in [1.807, 2.05) is 38.1 Å². The molecule has 0 spiro atoms. The molecular weight excluding hydrogens is 310 g/mol. The van der Waals surface area contributed by atoms with Crippen LogP contribution in [-0.4, -0.2) is 31.1 Å². The summed E-state index contributed by atoms with van der Waals surface area (Å²) in [6, 6.07) is 7.68. The van der Waals surface area contributed by atoms with Crippen molar-refractivity contribution in [3.05, 3.63) is 34.9 Å². The van der Waals surface area contributed by atoms with Crippen molar-refractivity contribution < 1.29 is 9.53 Å². The molecule has 2 rings (SSSR count). The molecule has 1 heterocycles. The maximum Gasteiger partial charge on any atom is 0.142 e. The molecule has 1 N–H and O–H groups in total. The summed E-state index contributed by atoms with van der Waals surface area (Å²) < 4.78 is 5.44. The van der Waals surface area contributed by atoms with E-state index in [1.54, 1.807) is 0 Å². The first-order valence-corrected chi connectivity index (χ1v) is 8.91. The summed E-state index contributed by atoms with van der Waals surface area (Å²) in [7, 11) is 0. The quantitative estimate of drug-likeness (QED) is 0.810. The third-order valence-corrected chi connectivity index (χ3v) is 5.02. The fourth-order valence-corrected chi connectivity index (χ4v) is 3.21. The standard InChI is InChI=1S/C19H28ClNO2/c1-14(2)18(22)17(15-4-6-16(20)7-5-15)8-11-21-19(3)9-12-23-13-10-19/h4-7,14,17,21H,8-13H2,1-3H3/t17-/m1/s1. The number of ether oxygens (including phenoxy) is 1. The van der Waals surface area contributed by atoms with E-state index in [2.05, 4.69) is 12.2 Å². The fourth-order valence-electron chi connectivity index (χ4n) is 3.09. The average molecular weight is 338 g/mol. The van der Waals surface area contributed by atoms with E-state index in [-0.39, 0.29) is 17.4 Å². The Labute approximate surface area is 144 Å². The smallest absolute Gasteiger partial charge is 0.142 e. The molecule has 1 atom stereocenters. The van der Waals surface area contributed by atoms with Crippen molar-refractivity contribution >= 4 is 17.4 Å². The SMILES string of the molecule is CC(C)C(=O)[C@H](CCNC1(C)CCOCC1)c1ccc(Cl)cc1. The van der Waals surface area contributed by atoms with Crippen LogP contribution in [0.15, 0.2) is 24.3 Å². The van der Waals surface area contributed by atoms with Gasteiger partial charge in [0.05, 0.1) is 0 Å². The van der Waals surface area contributed by atoms with Crippen molar-refractivity contribution in [2.45, 2.75) is 51.5 Å². The summed E-state index contributed by atoms with van der Waals surface area (Å²) in [4.78, 5) is 12.6. The van der Waals surface area contributed by atoms with Gasteiger partial charge in [-0.25, -0.2) is 0 Å². The van der Waals surface area contributed by atoms with Crippen LogP contribution in [0.25, 0.3) is 0 Å². The molecule has 0 aromatic heterocycles. The van der Waals surface area contributed by atoms with Crippen molar-refractivity contribution in [3.8, 4) is 0 Å². The number of carbonyl (C=O) groups is 1. The summed E-state index contributed by atoms with van der Waals surface area (Å²) in [5.41, 5.74) is 1.19. The molecule has 4 heteroatoms. The van der Waals surface area contributed by atoms with E-state index < -0.39 is 0 Å². The van der Waals surface area contributed by atoms with Gasteiger partial charge < -0.3 is 10.1 Å². The predicted molar refractivity (Wildman–Crippen MR) is 95.1 cm³/mol. The lowest BCUT2D eigenvalue weighted by atomic mass is 9.85. The second kappa shape index (κ2) is 8.27. The van der Waals surface area contributed by atoms with Gasteiger partial charge in [-0.2, -0.15) is 0 Å². The minimum absolute atomic E-state index is 0.0364. The van der Waals surface area contributed by atoms with Crippen LogP contribution in [0, 0.1) is 5.92 Å². The van der Waals surface area contributed by atoms with Gasteiger partial charge in [0.25, 0.3) is 0 Å². The zero-order valence-corrected chi connectivity index (χ0v) is 15.2. The van der Waals surface area contributed by atoms with E-state index in [0.717, 1.165) is 44.6 Å². The second-order valence-corrected chi connectivity index (χ2v) is 7.49. The number of ketones is 1. The van der Waals surface area contributed by atoms with Crippen LogP contribution in [-0.2, 0) is 9.53 Å². The molecule has 23 heavy (non-hydrogen) atoms. The number of halogens is 1. The van der Waals surface area contributed by atoms with Crippen molar-refractivity contribution in [2.75, 3.05) is 19.8 Å². The minimum atomic E-state index is -0.0665. The Kier molecular flexibility index (Phi) is 6.63. The Morgan fingerprint density at radius 1 is 1.26 bits per heavy atom. The fraction of sp³-hybridized carbons (Fsp3) is 0.632. The van der Waals surface area contributed by atoms with Crippen molar-refractivity contribution in [1.29, 1.82) is 0 Å². The van der Waals surface area contributed by atoms with Gasteiger partial charge in [-0.3, -0.25) is 4.79 Å². The molecule has 1 fully saturated rings. The Hall–Kier alpha value is -0.900. The molecule has 128 valence electrons. The van der Waals surface area contributed by atoms with Gasteiger partial charge in [-0.15, -0.1) is 0 Å². The average Bonchev–Trinajstić information content (AvgIpc) is 2.53. The molecule has 0 unspecified atom stereocenters. The molecule has 1 aromatic rings. The van der Waals surface area contributed by atoms with E-state index >= 15 is 0 Å². The number of Topliss-reactive ketones (excluding diaryl/α,β-unsaturated/α-hetero) is 1. The van der Waals surface area contributed by atoms with Crippen LogP contribution in [0.2, 0.25) is 5.02 Å². The van der Waals surface area contributed by atoms with Crippen LogP contribution < -0.4 is 5.32 Å². The molecule has 0 aliphatic carbocycles. The highest BCUT2D eigenvalue weighted by Gasteiger charge is 2.28. The molecule has 1 aliphatic heterocycles. The second-order valence-electron chi connectivity index (χ2n) is 7.05. The normalized spacial score (nSPS) is 18.8. The van der Waals surface area contributed by atoms with E-state index in [0.29, 0.717) is 10.8 Å². The molecule has 1 aliphatic rings. The number of carbonyl (C=O) groups excluding carboxylic acids is 1. The van der Waals surface area contributed by atoms with Gasteiger partial charge in [-0.05, 0) is 50.4 Å². The first kappa shape index (κ1) is 18.4. The predicted octanol–water partition coefficient (Wildman–Crippen LogP) is 4.20. The first-order valence-electron chi connectivity index (χ1n) is 8.53. The van der Waals surface area contributed by atoms with Gasteiger partial charge in [0, 0.05) is 35.6 Å². The number of hydrogen-bond acceptors (Lipinski definition) is 3. The van der Waals surface area contributed by atoms with Crippen LogP contribution in [0.5, 0.6) is 0 Å². The Balaban J connectivity index is 2.00. The lowest BCUT2D eigenvalue weighted by Crippen LogP contribution is -2.47. The van der Waals surface area contributed by atoms with E-state index in [9.17, 15) is 4.79 Å². The first-order chi connectivity index (χ1) is 10.9. The monoisotopic (exact) mass is 337 g/mol. The van der Waals surface area contributed by atoms with E-state index in [4.69, 9.17) is 16.3 Å². The van der Waals surface area contributed by atoms with Crippen LogP contribution in [0.1, 0.15) is 51.5 Å². The summed E-state index contributed by atoms with van der Waals surface area (Å²) in [5.74, 6) is 0.267. The molecule has 3 nitrogen and oxygen atoms in total. The maximum atomic E-state index is 12.6. The Bertz CT molecular complexity index is 507. The minimum Gasteiger partial charge on any atom is -0.381 e. The van der Waals surface area contributed by atoms with Crippen LogP contribution in [0.4, 0.5) is 0 Å². The summed E-state index contributed by atoms with van der Waals surface area (Å²) in [6.45, 7) is 8.65. The lowest BCUT2D eigenvalue weighted by Gasteiger charge is -2.35. The highest BCUT2D eigenvalue weighted by Crippen LogP contribution is 2.26. The third-order valence-electron chi connectivity index (χ3n) is 4.77. The van der Waals surface area contributed by atoms with Gasteiger partial charge in [0.2, 0.25) is 0 Å².